The van der Waals surface area contributed by atoms with E-state index in [0.717, 1.165) is 9.87 Å². The van der Waals surface area contributed by atoms with Gasteiger partial charge in [-0.15, -0.1) is 0 Å². The van der Waals surface area contributed by atoms with Crippen LogP contribution in [0.3, 0.4) is 0 Å². The molecular formula is C29H34ClN3O4S. The predicted molar refractivity (Wildman–Crippen MR) is 152 cm³/mol. The molecule has 0 saturated heterocycles. The zero-order valence-electron chi connectivity index (χ0n) is 21.9. The summed E-state index contributed by atoms with van der Waals surface area (Å²) in [5.41, 5.74) is 1.31. The van der Waals surface area contributed by atoms with Crippen LogP contribution in [0.25, 0.3) is 0 Å². The van der Waals surface area contributed by atoms with Gasteiger partial charge in [-0.25, -0.2) is 8.42 Å². The molecule has 3 aromatic carbocycles. The number of benzene rings is 3. The first-order valence-electron chi connectivity index (χ1n) is 12.6. The molecule has 0 bridgehead atoms. The molecule has 0 saturated carbocycles. The molecule has 202 valence electrons. The lowest BCUT2D eigenvalue weighted by Gasteiger charge is -2.33. The molecule has 0 aliphatic rings. The summed E-state index contributed by atoms with van der Waals surface area (Å²) < 4.78 is 28.5. The fourth-order valence-electron chi connectivity index (χ4n) is 4.13. The Hall–Kier alpha value is -3.36. The van der Waals surface area contributed by atoms with Gasteiger partial charge in [-0.05, 0) is 68.7 Å². The molecule has 7 nitrogen and oxygen atoms in total. The van der Waals surface area contributed by atoms with Crippen LogP contribution in [-0.2, 0) is 26.0 Å². The number of anilines is 1. The van der Waals surface area contributed by atoms with E-state index in [9.17, 15) is 18.0 Å². The maximum atomic E-state index is 13.9. The molecular weight excluding hydrogens is 522 g/mol. The van der Waals surface area contributed by atoms with E-state index in [4.69, 9.17) is 11.6 Å². The first-order valence-corrected chi connectivity index (χ1v) is 14.4. The van der Waals surface area contributed by atoms with Gasteiger partial charge < -0.3 is 10.2 Å². The van der Waals surface area contributed by atoms with E-state index >= 15 is 0 Å². The fraction of sp³-hybridized carbons (Fsp3) is 0.310. The summed E-state index contributed by atoms with van der Waals surface area (Å²) in [5, 5.41) is 3.34. The van der Waals surface area contributed by atoms with Crippen LogP contribution >= 0.6 is 11.6 Å². The summed E-state index contributed by atoms with van der Waals surface area (Å²) in [5.74, 6) is -0.742. The van der Waals surface area contributed by atoms with Crippen molar-refractivity contribution < 1.29 is 18.0 Å². The number of carbonyl (C=O) groups is 2. The zero-order valence-corrected chi connectivity index (χ0v) is 23.5. The summed E-state index contributed by atoms with van der Waals surface area (Å²) in [7, 11) is -4.09. The van der Waals surface area contributed by atoms with E-state index in [-0.39, 0.29) is 23.4 Å². The number of hydrogen-bond donors (Lipinski definition) is 1. The Bertz CT molecular complexity index is 1300. The van der Waals surface area contributed by atoms with Gasteiger partial charge in [0.25, 0.3) is 10.0 Å². The zero-order chi connectivity index (χ0) is 27.7. The van der Waals surface area contributed by atoms with E-state index in [1.54, 1.807) is 42.5 Å². The van der Waals surface area contributed by atoms with Crippen LogP contribution in [-0.4, -0.2) is 50.3 Å². The van der Waals surface area contributed by atoms with Gasteiger partial charge in [0.2, 0.25) is 11.8 Å². The highest BCUT2D eigenvalue weighted by Crippen LogP contribution is 2.26. The molecule has 0 aliphatic heterocycles. The van der Waals surface area contributed by atoms with Crippen LogP contribution in [0.5, 0.6) is 0 Å². The molecule has 38 heavy (non-hydrogen) atoms. The highest BCUT2D eigenvalue weighted by molar-refractivity contribution is 7.92. The van der Waals surface area contributed by atoms with Crippen molar-refractivity contribution in [3.8, 4) is 0 Å². The minimum Gasteiger partial charge on any atom is -0.352 e. The molecule has 0 aliphatic carbocycles. The van der Waals surface area contributed by atoms with E-state index in [2.05, 4.69) is 5.32 Å². The Morgan fingerprint density at radius 2 is 1.47 bits per heavy atom. The number of hydrogen-bond acceptors (Lipinski definition) is 4. The minimum absolute atomic E-state index is 0.0585. The number of carbonyl (C=O) groups excluding carboxylic acids is 2. The maximum absolute atomic E-state index is 13.9. The molecule has 1 N–H and O–H groups in total. The van der Waals surface area contributed by atoms with Crippen molar-refractivity contribution in [2.45, 2.75) is 50.6 Å². The highest BCUT2D eigenvalue weighted by atomic mass is 35.5. The van der Waals surface area contributed by atoms with E-state index < -0.39 is 28.5 Å². The Morgan fingerprint density at radius 1 is 0.895 bits per heavy atom. The molecule has 0 fully saturated rings. The third kappa shape index (κ3) is 7.58. The number of amides is 2. The Morgan fingerprint density at radius 3 is 2.03 bits per heavy atom. The van der Waals surface area contributed by atoms with Crippen molar-refractivity contribution >= 4 is 39.1 Å². The maximum Gasteiger partial charge on any atom is 0.264 e. The SMILES string of the molecule is CCC(C(=O)NC(C)C)N(CCc1ccccc1)C(=O)CN(c1ccc(Cl)cc1)S(=O)(=O)c1ccccc1. The number of nitrogens with one attached hydrogen (secondary N) is 1. The van der Waals surface area contributed by atoms with Gasteiger partial charge in [0.1, 0.15) is 12.6 Å². The van der Waals surface area contributed by atoms with Crippen molar-refractivity contribution in [3.05, 3.63) is 95.5 Å². The van der Waals surface area contributed by atoms with Gasteiger partial charge in [0.15, 0.2) is 0 Å². The third-order valence-corrected chi connectivity index (χ3v) is 8.07. The Kier molecular flexibility index (Phi) is 10.3. The van der Waals surface area contributed by atoms with Crippen LogP contribution in [0.4, 0.5) is 5.69 Å². The summed E-state index contributed by atoms with van der Waals surface area (Å²) in [4.78, 5) is 28.6. The topological polar surface area (TPSA) is 86.8 Å². The van der Waals surface area contributed by atoms with Gasteiger partial charge in [-0.1, -0.05) is 67.1 Å². The third-order valence-electron chi connectivity index (χ3n) is 6.03. The molecule has 2 amide bonds. The average molecular weight is 556 g/mol. The first kappa shape index (κ1) is 29.2. The van der Waals surface area contributed by atoms with Crippen molar-refractivity contribution in [3.63, 3.8) is 0 Å². The lowest BCUT2D eigenvalue weighted by molar-refractivity contribution is -0.139. The summed E-state index contributed by atoms with van der Waals surface area (Å²) in [6.45, 7) is 5.34. The molecule has 9 heteroatoms. The molecule has 0 aromatic heterocycles. The molecule has 1 atom stereocenters. The van der Waals surface area contributed by atoms with Gasteiger partial charge in [0, 0.05) is 17.6 Å². The fourth-order valence-corrected chi connectivity index (χ4v) is 5.69. The largest absolute Gasteiger partial charge is 0.352 e. The first-order chi connectivity index (χ1) is 18.1. The number of halogens is 1. The molecule has 1 unspecified atom stereocenters. The quantitative estimate of drug-likeness (QED) is 0.344. The average Bonchev–Trinajstić information content (AvgIpc) is 2.90. The van der Waals surface area contributed by atoms with Crippen molar-refractivity contribution in [2.24, 2.45) is 0 Å². The van der Waals surface area contributed by atoms with Gasteiger partial charge in [0.05, 0.1) is 10.6 Å². The van der Waals surface area contributed by atoms with Crippen LogP contribution in [0.15, 0.2) is 89.8 Å². The van der Waals surface area contributed by atoms with Crippen LogP contribution in [0, 0.1) is 0 Å². The van der Waals surface area contributed by atoms with Crippen LogP contribution in [0.2, 0.25) is 5.02 Å². The number of sulfonamides is 1. The van der Waals surface area contributed by atoms with Crippen molar-refractivity contribution in [2.75, 3.05) is 17.4 Å². The van der Waals surface area contributed by atoms with Gasteiger partial charge >= 0.3 is 0 Å². The smallest absolute Gasteiger partial charge is 0.264 e. The van der Waals surface area contributed by atoms with E-state index in [1.807, 2.05) is 51.1 Å². The summed E-state index contributed by atoms with van der Waals surface area (Å²) in [6.07, 6.45) is 0.899. The highest BCUT2D eigenvalue weighted by Gasteiger charge is 2.33. The molecule has 0 radical (unpaired) electrons. The second-order valence-corrected chi connectivity index (χ2v) is 11.5. The molecule has 3 aromatic rings. The number of rotatable bonds is 12. The second kappa shape index (κ2) is 13.4. The Labute approximate surface area is 230 Å². The minimum atomic E-state index is -4.09. The normalized spacial score (nSPS) is 12.1. The molecule has 3 rings (SSSR count). The van der Waals surface area contributed by atoms with Gasteiger partial charge in [-0.3, -0.25) is 13.9 Å². The van der Waals surface area contributed by atoms with Gasteiger partial charge in [-0.2, -0.15) is 0 Å². The monoisotopic (exact) mass is 555 g/mol. The lowest BCUT2D eigenvalue weighted by Crippen LogP contribution is -2.54. The van der Waals surface area contributed by atoms with E-state index in [0.29, 0.717) is 23.6 Å². The second-order valence-electron chi connectivity index (χ2n) is 9.21. The molecule has 0 heterocycles. The van der Waals surface area contributed by atoms with Crippen molar-refractivity contribution in [1.82, 2.24) is 10.2 Å². The lowest BCUT2D eigenvalue weighted by atomic mass is 10.1. The predicted octanol–water partition coefficient (Wildman–Crippen LogP) is 4.91. The summed E-state index contributed by atoms with van der Waals surface area (Å²) in [6, 6.07) is 23.0. The van der Waals surface area contributed by atoms with Crippen molar-refractivity contribution in [1.29, 1.82) is 0 Å². The standard InChI is InChI=1S/C29H34ClN3O4S/c1-4-27(29(35)31-22(2)3)32(20-19-23-11-7-5-8-12-23)28(34)21-33(25-17-15-24(30)16-18-25)38(36,37)26-13-9-6-10-14-26/h5-18,22,27H,4,19-21H2,1-3H3,(H,31,35). The van der Waals surface area contributed by atoms with Crippen LogP contribution < -0.4 is 9.62 Å². The van der Waals surface area contributed by atoms with Crippen LogP contribution in [0.1, 0.15) is 32.8 Å². The number of nitrogens with zero attached hydrogens (tertiary/aromatic N) is 2. The summed E-state index contributed by atoms with van der Waals surface area (Å²) >= 11 is 6.05. The van der Waals surface area contributed by atoms with E-state index in [1.165, 1.54) is 17.0 Å². The Balaban J connectivity index is 1.99. The molecule has 0 spiro atoms.